The Hall–Kier alpha value is -3.40. The Morgan fingerprint density at radius 3 is 2.52 bits per heavy atom. The first-order chi connectivity index (χ1) is 14.1. The third-order valence-corrected chi connectivity index (χ3v) is 5.23. The standard InChI is InChI=1S/C23H22N4O2/c1-16-11-22(29)27-21-10-6-5-9-20(21)26(23(27)19(16)12-24)15-18(28)14-25-13-17-7-3-2-4-8-17/h2-11,18,25,28H,13-15H2,1H3/p+1/t18-/m1/s1. The molecule has 4 aromatic rings. The van der Waals surface area contributed by atoms with Crippen LogP contribution in [0.1, 0.15) is 16.7 Å². The number of quaternary nitrogens is 1. The second-order valence-corrected chi connectivity index (χ2v) is 7.28. The van der Waals surface area contributed by atoms with Gasteiger partial charge >= 0.3 is 0 Å². The molecule has 4 rings (SSSR count). The largest absolute Gasteiger partial charge is 0.385 e. The zero-order valence-electron chi connectivity index (χ0n) is 16.2. The molecule has 0 saturated carbocycles. The van der Waals surface area contributed by atoms with Gasteiger partial charge in [0.1, 0.15) is 30.9 Å². The molecular weight excluding hydrogens is 364 g/mol. The van der Waals surface area contributed by atoms with E-state index in [1.807, 2.05) is 47.0 Å². The lowest BCUT2D eigenvalue weighted by molar-refractivity contribution is -0.676. The number of para-hydroxylation sites is 2. The second kappa shape index (κ2) is 7.92. The van der Waals surface area contributed by atoms with Crippen molar-refractivity contribution in [3.8, 4) is 6.07 Å². The van der Waals surface area contributed by atoms with Gasteiger partial charge in [-0.25, -0.2) is 0 Å². The predicted octanol–water partition coefficient (Wildman–Crippen LogP) is 1.56. The van der Waals surface area contributed by atoms with E-state index in [9.17, 15) is 15.2 Å². The molecule has 0 bridgehead atoms. The SMILES string of the molecule is Cc1cc(=O)n2c3ccccc3n(C[C@H](O)C[NH2+]Cc3ccccc3)c2c1C#N. The topological polar surface area (TPSA) is 87.0 Å². The van der Waals surface area contributed by atoms with Crippen LogP contribution in [0.15, 0.2) is 65.5 Å². The van der Waals surface area contributed by atoms with Crippen LogP contribution in [0.25, 0.3) is 16.7 Å². The van der Waals surface area contributed by atoms with E-state index in [0.29, 0.717) is 29.9 Å². The number of imidazole rings is 1. The molecule has 0 aliphatic carbocycles. The normalized spacial score (nSPS) is 12.3. The lowest BCUT2D eigenvalue weighted by Gasteiger charge is -2.13. The Labute approximate surface area is 168 Å². The number of aliphatic hydroxyl groups is 1. The molecule has 2 aromatic heterocycles. The molecule has 0 unspecified atom stereocenters. The van der Waals surface area contributed by atoms with E-state index < -0.39 is 6.10 Å². The second-order valence-electron chi connectivity index (χ2n) is 7.28. The summed E-state index contributed by atoms with van der Waals surface area (Å²) in [4.78, 5) is 12.7. The van der Waals surface area contributed by atoms with Crippen LogP contribution < -0.4 is 10.9 Å². The first-order valence-corrected chi connectivity index (χ1v) is 9.67. The molecule has 1 atom stereocenters. The van der Waals surface area contributed by atoms with E-state index in [2.05, 4.69) is 23.5 Å². The van der Waals surface area contributed by atoms with Gasteiger partial charge in [-0.2, -0.15) is 5.26 Å². The lowest BCUT2D eigenvalue weighted by atomic mass is 10.1. The minimum Gasteiger partial charge on any atom is -0.385 e. The molecule has 0 radical (unpaired) electrons. The maximum absolute atomic E-state index is 12.7. The number of aryl methyl sites for hydroxylation is 1. The van der Waals surface area contributed by atoms with Crippen LogP contribution in [0.4, 0.5) is 0 Å². The van der Waals surface area contributed by atoms with Gasteiger partial charge in [0.25, 0.3) is 5.56 Å². The molecule has 0 spiro atoms. The minimum absolute atomic E-state index is 0.170. The number of pyridine rings is 1. The van der Waals surface area contributed by atoms with Gasteiger partial charge in [0.2, 0.25) is 0 Å². The van der Waals surface area contributed by atoms with Gasteiger partial charge < -0.3 is 15.0 Å². The number of benzene rings is 2. The van der Waals surface area contributed by atoms with Gasteiger partial charge in [-0.05, 0) is 24.6 Å². The van der Waals surface area contributed by atoms with Crippen molar-refractivity contribution in [3.63, 3.8) is 0 Å². The third-order valence-electron chi connectivity index (χ3n) is 5.23. The van der Waals surface area contributed by atoms with Crippen LogP contribution in [0.5, 0.6) is 0 Å². The van der Waals surface area contributed by atoms with E-state index in [0.717, 1.165) is 17.6 Å². The minimum atomic E-state index is -0.625. The first kappa shape index (κ1) is 18.9. The number of fused-ring (bicyclic) bond motifs is 3. The summed E-state index contributed by atoms with van der Waals surface area (Å²) >= 11 is 0. The van der Waals surface area contributed by atoms with Crippen LogP contribution in [0.2, 0.25) is 0 Å². The number of aromatic nitrogens is 2. The summed E-state index contributed by atoms with van der Waals surface area (Å²) in [7, 11) is 0. The molecule has 0 fully saturated rings. The van der Waals surface area contributed by atoms with E-state index in [4.69, 9.17) is 0 Å². The Morgan fingerprint density at radius 1 is 1.10 bits per heavy atom. The van der Waals surface area contributed by atoms with E-state index >= 15 is 0 Å². The summed E-state index contributed by atoms with van der Waals surface area (Å²) in [5.74, 6) is 0. The third kappa shape index (κ3) is 3.54. The van der Waals surface area contributed by atoms with E-state index in [-0.39, 0.29) is 5.56 Å². The molecular formula is C23H23N4O2+. The smallest absolute Gasteiger partial charge is 0.257 e. The molecule has 0 aliphatic heterocycles. The summed E-state index contributed by atoms with van der Waals surface area (Å²) in [6.07, 6.45) is -0.625. The number of rotatable bonds is 6. The number of nitrogens with two attached hydrogens (primary N) is 1. The molecule has 29 heavy (non-hydrogen) atoms. The molecule has 2 heterocycles. The monoisotopic (exact) mass is 387 g/mol. The highest BCUT2D eigenvalue weighted by molar-refractivity contribution is 5.84. The number of hydrogen-bond donors (Lipinski definition) is 2. The van der Waals surface area contributed by atoms with Crippen molar-refractivity contribution in [2.24, 2.45) is 0 Å². The number of nitriles is 1. The first-order valence-electron chi connectivity index (χ1n) is 9.67. The quantitative estimate of drug-likeness (QED) is 0.526. The van der Waals surface area contributed by atoms with Gasteiger partial charge in [-0.15, -0.1) is 0 Å². The molecule has 146 valence electrons. The van der Waals surface area contributed by atoms with Gasteiger partial charge in [0, 0.05) is 11.6 Å². The summed E-state index contributed by atoms with van der Waals surface area (Å²) < 4.78 is 3.46. The fourth-order valence-electron chi connectivity index (χ4n) is 3.86. The molecule has 3 N–H and O–H groups in total. The zero-order chi connectivity index (χ0) is 20.4. The highest BCUT2D eigenvalue weighted by atomic mass is 16.3. The van der Waals surface area contributed by atoms with Gasteiger partial charge in [0.05, 0.1) is 23.1 Å². The van der Waals surface area contributed by atoms with Crippen LogP contribution in [-0.2, 0) is 13.1 Å². The van der Waals surface area contributed by atoms with Crippen molar-refractivity contribution in [2.75, 3.05) is 6.54 Å². The van der Waals surface area contributed by atoms with Crippen molar-refractivity contribution in [3.05, 3.63) is 87.7 Å². The Bertz CT molecular complexity index is 1270. The molecule has 0 aliphatic rings. The van der Waals surface area contributed by atoms with Crippen LogP contribution in [0, 0.1) is 18.3 Å². The fraction of sp³-hybridized carbons (Fsp3) is 0.217. The van der Waals surface area contributed by atoms with Crippen molar-refractivity contribution in [1.82, 2.24) is 8.97 Å². The van der Waals surface area contributed by atoms with Crippen molar-refractivity contribution in [1.29, 1.82) is 5.26 Å². The van der Waals surface area contributed by atoms with E-state index in [1.165, 1.54) is 11.6 Å². The number of aliphatic hydroxyl groups excluding tert-OH is 1. The van der Waals surface area contributed by atoms with Crippen molar-refractivity contribution < 1.29 is 10.4 Å². The summed E-state index contributed by atoms with van der Waals surface area (Å²) in [5, 5.41) is 22.5. The Kier molecular flexibility index (Phi) is 5.17. The molecule has 2 aromatic carbocycles. The van der Waals surface area contributed by atoms with Gasteiger partial charge in [0.15, 0.2) is 0 Å². The molecule has 0 saturated heterocycles. The van der Waals surface area contributed by atoms with E-state index in [1.54, 1.807) is 11.3 Å². The maximum Gasteiger partial charge on any atom is 0.257 e. The molecule has 0 amide bonds. The number of nitrogens with zero attached hydrogens (tertiary/aromatic N) is 3. The average Bonchev–Trinajstić information content (AvgIpc) is 3.04. The van der Waals surface area contributed by atoms with Crippen molar-refractivity contribution in [2.45, 2.75) is 26.1 Å². The highest BCUT2D eigenvalue weighted by Gasteiger charge is 2.19. The van der Waals surface area contributed by atoms with Crippen LogP contribution >= 0.6 is 0 Å². The molecule has 6 nitrogen and oxygen atoms in total. The van der Waals surface area contributed by atoms with Gasteiger partial charge in [-0.3, -0.25) is 9.20 Å². The maximum atomic E-state index is 12.7. The summed E-state index contributed by atoms with van der Waals surface area (Å²) in [5.41, 5.74) is 4.24. The highest BCUT2D eigenvalue weighted by Crippen LogP contribution is 2.23. The summed E-state index contributed by atoms with van der Waals surface area (Å²) in [6.45, 7) is 3.38. The predicted molar refractivity (Wildman–Crippen MR) is 112 cm³/mol. The van der Waals surface area contributed by atoms with Crippen LogP contribution in [-0.4, -0.2) is 26.7 Å². The van der Waals surface area contributed by atoms with Crippen molar-refractivity contribution >= 4 is 16.7 Å². The zero-order valence-corrected chi connectivity index (χ0v) is 16.2. The molecule has 6 heteroatoms. The van der Waals surface area contributed by atoms with Gasteiger partial charge in [-0.1, -0.05) is 42.5 Å². The Morgan fingerprint density at radius 2 is 1.79 bits per heavy atom. The lowest BCUT2D eigenvalue weighted by Crippen LogP contribution is -2.85. The van der Waals surface area contributed by atoms with Crippen LogP contribution in [0.3, 0.4) is 0 Å². The Balaban J connectivity index is 1.69. The fourth-order valence-corrected chi connectivity index (χ4v) is 3.86. The summed E-state index contributed by atoms with van der Waals surface area (Å²) in [6, 6.07) is 21.4. The average molecular weight is 387 g/mol. The number of hydrogen-bond acceptors (Lipinski definition) is 3.